The number of anilines is 1. The van der Waals surface area contributed by atoms with Crippen molar-refractivity contribution in [3.63, 3.8) is 0 Å². The van der Waals surface area contributed by atoms with Crippen LogP contribution in [0.5, 0.6) is 0 Å². The minimum atomic E-state index is 0.540. The van der Waals surface area contributed by atoms with Gasteiger partial charge in [0.1, 0.15) is 0 Å². The van der Waals surface area contributed by atoms with Crippen LogP contribution in [0.1, 0.15) is 29.8 Å². The molecular formula is C18H19N3O. The molecule has 0 bridgehead atoms. The molecule has 3 aromatic rings. The third kappa shape index (κ3) is 3.52. The Labute approximate surface area is 130 Å². The molecule has 112 valence electrons. The lowest BCUT2D eigenvalue weighted by molar-refractivity contribution is 0.464. The van der Waals surface area contributed by atoms with Crippen LogP contribution in [-0.4, -0.2) is 10.2 Å². The summed E-state index contributed by atoms with van der Waals surface area (Å²) in [5.74, 6) is 1.25. The van der Waals surface area contributed by atoms with Crippen molar-refractivity contribution in [1.82, 2.24) is 10.2 Å². The summed E-state index contributed by atoms with van der Waals surface area (Å²) in [6.45, 7) is 2.68. The quantitative estimate of drug-likeness (QED) is 0.750. The number of aromatic nitrogens is 2. The lowest BCUT2D eigenvalue weighted by Crippen LogP contribution is -2.02. The molecule has 4 heteroatoms. The van der Waals surface area contributed by atoms with Gasteiger partial charge in [-0.05, 0) is 23.6 Å². The highest BCUT2D eigenvalue weighted by Crippen LogP contribution is 2.16. The Bertz CT molecular complexity index is 722. The van der Waals surface area contributed by atoms with Crippen molar-refractivity contribution in [1.29, 1.82) is 0 Å². The van der Waals surface area contributed by atoms with E-state index >= 15 is 0 Å². The minimum absolute atomic E-state index is 0.540. The summed E-state index contributed by atoms with van der Waals surface area (Å²) < 4.78 is 5.70. The average molecular weight is 293 g/mol. The van der Waals surface area contributed by atoms with E-state index in [9.17, 15) is 0 Å². The number of rotatable bonds is 6. The van der Waals surface area contributed by atoms with Crippen LogP contribution in [0.25, 0.3) is 0 Å². The fraction of sp³-hybridized carbons (Fsp3) is 0.222. The molecule has 1 heterocycles. The van der Waals surface area contributed by atoms with Crippen molar-refractivity contribution < 1.29 is 4.42 Å². The molecule has 22 heavy (non-hydrogen) atoms. The number of nitrogens with one attached hydrogen (secondary N) is 1. The zero-order valence-corrected chi connectivity index (χ0v) is 12.6. The van der Waals surface area contributed by atoms with Crippen LogP contribution in [0.3, 0.4) is 0 Å². The molecule has 3 rings (SSSR count). The van der Waals surface area contributed by atoms with E-state index < -0.39 is 0 Å². The van der Waals surface area contributed by atoms with Gasteiger partial charge in [-0.3, -0.25) is 0 Å². The highest BCUT2D eigenvalue weighted by Gasteiger charge is 2.07. The number of para-hydroxylation sites is 1. The highest BCUT2D eigenvalue weighted by molar-refractivity contribution is 5.50. The topological polar surface area (TPSA) is 51.0 Å². The molecular weight excluding hydrogens is 274 g/mol. The van der Waals surface area contributed by atoms with Gasteiger partial charge < -0.3 is 9.73 Å². The van der Waals surface area contributed by atoms with Crippen LogP contribution in [0.2, 0.25) is 0 Å². The van der Waals surface area contributed by atoms with Gasteiger partial charge in [0, 0.05) is 5.69 Å². The number of aryl methyl sites for hydroxylation is 1. The maximum absolute atomic E-state index is 5.70. The van der Waals surface area contributed by atoms with Crippen molar-refractivity contribution >= 4 is 5.69 Å². The van der Waals surface area contributed by atoms with Gasteiger partial charge in [0.15, 0.2) is 0 Å². The molecule has 1 N–H and O–H groups in total. The van der Waals surface area contributed by atoms with Crippen LogP contribution in [0.4, 0.5) is 5.69 Å². The Balaban J connectivity index is 1.62. The second-order valence-electron chi connectivity index (χ2n) is 5.12. The van der Waals surface area contributed by atoms with Gasteiger partial charge in [0.2, 0.25) is 11.8 Å². The summed E-state index contributed by atoms with van der Waals surface area (Å²) >= 11 is 0. The third-order valence-electron chi connectivity index (χ3n) is 3.54. The number of hydrogen-bond acceptors (Lipinski definition) is 4. The molecule has 0 aliphatic carbocycles. The zero-order chi connectivity index (χ0) is 15.2. The Kier molecular flexibility index (Phi) is 4.49. The van der Waals surface area contributed by atoms with Crippen LogP contribution in [0.15, 0.2) is 59.0 Å². The first-order chi connectivity index (χ1) is 10.8. The van der Waals surface area contributed by atoms with Crippen molar-refractivity contribution in [3.05, 3.63) is 77.5 Å². The summed E-state index contributed by atoms with van der Waals surface area (Å²) in [4.78, 5) is 0. The molecule has 0 aliphatic rings. The Morgan fingerprint density at radius 1 is 0.909 bits per heavy atom. The van der Waals surface area contributed by atoms with Gasteiger partial charge in [0.25, 0.3) is 0 Å². The second-order valence-corrected chi connectivity index (χ2v) is 5.12. The van der Waals surface area contributed by atoms with E-state index in [1.807, 2.05) is 24.3 Å². The maximum atomic E-state index is 5.70. The SMILES string of the molecule is CCc1ccccc1NCc1nnc(Cc2ccccc2)o1. The van der Waals surface area contributed by atoms with Crippen molar-refractivity contribution in [3.8, 4) is 0 Å². The molecule has 0 amide bonds. The molecule has 2 aromatic carbocycles. The van der Waals surface area contributed by atoms with Gasteiger partial charge in [-0.1, -0.05) is 55.5 Å². The molecule has 0 atom stereocenters. The van der Waals surface area contributed by atoms with Gasteiger partial charge in [-0.15, -0.1) is 10.2 Å². The highest BCUT2D eigenvalue weighted by atomic mass is 16.4. The van der Waals surface area contributed by atoms with Crippen molar-refractivity contribution in [2.24, 2.45) is 0 Å². The molecule has 1 aromatic heterocycles. The summed E-state index contributed by atoms with van der Waals surface area (Å²) in [6.07, 6.45) is 1.66. The normalized spacial score (nSPS) is 10.6. The third-order valence-corrected chi connectivity index (χ3v) is 3.54. The minimum Gasteiger partial charge on any atom is -0.423 e. The van der Waals surface area contributed by atoms with Crippen LogP contribution < -0.4 is 5.32 Å². The number of benzene rings is 2. The lowest BCUT2D eigenvalue weighted by Gasteiger charge is -2.08. The summed E-state index contributed by atoms with van der Waals surface area (Å²) in [6, 6.07) is 18.4. The first-order valence-electron chi connectivity index (χ1n) is 7.52. The van der Waals surface area contributed by atoms with Crippen LogP contribution in [0, 0.1) is 0 Å². The van der Waals surface area contributed by atoms with Gasteiger partial charge in [-0.2, -0.15) is 0 Å². The summed E-state index contributed by atoms with van der Waals surface area (Å²) in [7, 11) is 0. The molecule has 0 aliphatic heterocycles. The maximum Gasteiger partial charge on any atom is 0.235 e. The predicted octanol–water partition coefficient (Wildman–Crippen LogP) is 3.83. The van der Waals surface area contributed by atoms with Gasteiger partial charge in [0.05, 0.1) is 13.0 Å². The van der Waals surface area contributed by atoms with E-state index in [1.54, 1.807) is 0 Å². The van der Waals surface area contributed by atoms with Gasteiger partial charge in [-0.25, -0.2) is 0 Å². The van der Waals surface area contributed by atoms with E-state index in [2.05, 4.69) is 52.8 Å². The fourth-order valence-electron chi connectivity index (χ4n) is 2.37. The molecule has 0 unspecified atom stereocenters. The second kappa shape index (κ2) is 6.89. The smallest absolute Gasteiger partial charge is 0.235 e. The van der Waals surface area contributed by atoms with Crippen molar-refractivity contribution in [2.75, 3.05) is 5.32 Å². The number of nitrogens with zero attached hydrogens (tertiary/aromatic N) is 2. The fourth-order valence-corrected chi connectivity index (χ4v) is 2.37. The average Bonchev–Trinajstić information content (AvgIpc) is 3.01. The zero-order valence-electron chi connectivity index (χ0n) is 12.6. The largest absolute Gasteiger partial charge is 0.423 e. The van der Waals surface area contributed by atoms with E-state index in [0.29, 0.717) is 24.7 Å². The molecule has 0 spiro atoms. The lowest BCUT2D eigenvalue weighted by atomic mass is 10.1. The molecule has 0 saturated carbocycles. The first kappa shape index (κ1) is 14.3. The summed E-state index contributed by atoms with van der Waals surface area (Å²) in [5.41, 5.74) is 3.57. The van der Waals surface area contributed by atoms with Crippen LogP contribution in [-0.2, 0) is 19.4 Å². The number of hydrogen-bond donors (Lipinski definition) is 1. The Morgan fingerprint density at radius 2 is 1.64 bits per heavy atom. The molecule has 4 nitrogen and oxygen atoms in total. The Morgan fingerprint density at radius 3 is 2.45 bits per heavy atom. The standard InChI is InChI=1S/C18H19N3O/c1-2-15-10-6-7-11-16(15)19-13-18-21-20-17(22-18)12-14-8-4-3-5-9-14/h3-11,19H,2,12-13H2,1H3. The molecule has 0 radical (unpaired) electrons. The van der Waals surface area contributed by atoms with Crippen LogP contribution >= 0.6 is 0 Å². The summed E-state index contributed by atoms with van der Waals surface area (Å²) in [5, 5.41) is 11.6. The van der Waals surface area contributed by atoms with E-state index in [4.69, 9.17) is 4.42 Å². The van der Waals surface area contributed by atoms with Crippen molar-refractivity contribution in [2.45, 2.75) is 26.3 Å². The van der Waals surface area contributed by atoms with Gasteiger partial charge >= 0.3 is 0 Å². The monoisotopic (exact) mass is 293 g/mol. The predicted molar refractivity (Wildman–Crippen MR) is 86.7 cm³/mol. The van der Waals surface area contributed by atoms with E-state index in [1.165, 1.54) is 11.1 Å². The van der Waals surface area contributed by atoms with E-state index in [0.717, 1.165) is 12.1 Å². The first-order valence-corrected chi connectivity index (χ1v) is 7.52. The molecule has 0 saturated heterocycles. The molecule has 0 fully saturated rings. The Hall–Kier alpha value is -2.62. The van der Waals surface area contributed by atoms with E-state index in [-0.39, 0.29) is 0 Å².